The van der Waals surface area contributed by atoms with Gasteiger partial charge in [0.2, 0.25) is 17.7 Å². The average Bonchev–Trinajstić information content (AvgIpc) is 2.28. The molecule has 1 aromatic rings. The van der Waals surface area contributed by atoms with Gasteiger partial charge in [0.15, 0.2) is 0 Å². The Labute approximate surface area is 91.8 Å². The van der Waals surface area contributed by atoms with Crippen LogP contribution in [0.3, 0.4) is 0 Å². The van der Waals surface area contributed by atoms with Crippen LogP contribution in [0.25, 0.3) is 0 Å². The third kappa shape index (κ3) is 2.95. The summed E-state index contributed by atoms with van der Waals surface area (Å²) >= 11 is 0. The number of aromatic nitrogens is 2. The second-order valence-corrected chi connectivity index (χ2v) is 2.73. The number of anilines is 1. The molecule has 88 valence electrons. The first-order valence-electron chi connectivity index (χ1n) is 4.27. The number of carbonyl (C=O) groups is 1. The monoisotopic (exact) mass is 228 g/mol. The SMILES string of the molecule is COc1cc(OC)nc(NC(=O)N(C)O)n1. The molecule has 0 aliphatic carbocycles. The molecule has 0 aliphatic rings. The van der Waals surface area contributed by atoms with Gasteiger partial charge >= 0.3 is 6.03 Å². The van der Waals surface area contributed by atoms with Crippen molar-refractivity contribution in [2.24, 2.45) is 0 Å². The highest BCUT2D eigenvalue weighted by Crippen LogP contribution is 2.17. The molecule has 1 heterocycles. The van der Waals surface area contributed by atoms with Crippen molar-refractivity contribution in [1.29, 1.82) is 0 Å². The van der Waals surface area contributed by atoms with Gasteiger partial charge in [0.05, 0.1) is 20.3 Å². The zero-order valence-corrected chi connectivity index (χ0v) is 9.09. The second kappa shape index (κ2) is 5.12. The average molecular weight is 228 g/mol. The quantitative estimate of drug-likeness (QED) is 0.572. The molecule has 2 amide bonds. The molecule has 0 atom stereocenters. The van der Waals surface area contributed by atoms with E-state index in [-0.39, 0.29) is 17.7 Å². The summed E-state index contributed by atoms with van der Waals surface area (Å²) in [5.74, 6) is 0.451. The number of amides is 2. The van der Waals surface area contributed by atoms with Crippen LogP contribution in [0.2, 0.25) is 0 Å². The summed E-state index contributed by atoms with van der Waals surface area (Å²) < 4.78 is 9.76. The Balaban J connectivity index is 2.91. The van der Waals surface area contributed by atoms with E-state index in [0.717, 1.165) is 0 Å². The Bertz CT molecular complexity index is 360. The van der Waals surface area contributed by atoms with Gasteiger partial charge in [-0.1, -0.05) is 0 Å². The summed E-state index contributed by atoms with van der Waals surface area (Å²) in [6.45, 7) is 0. The Hall–Kier alpha value is -2.09. The van der Waals surface area contributed by atoms with Crippen LogP contribution in [-0.4, -0.2) is 47.5 Å². The van der Waals surface area contributed by atoms with Gasteiger partial charge < -0.3 is 9.47 Å². The van der Waals surface area contributed by atoms with Gasteiger partial charge in [-0.05, 0) is 0 Å². The summed E-state index contributed by atoms with van der Waals surface area (Å²) in [7, 11) is 4.02. The molecule has 0 aliphatic heterocycles. The molecule has 0 aromatic carbocycles. The van der Waals surface area contributed by atoms with Crippen LogP contribution in [0.15, 0.2) is 6.07 Å². The summed E-state index contributed by atoms with van der Waals surface area (Å²) in [6.07, 6.45) is 0. The minimum Gasteiger partial charge on any atom is -0.481 e. The fraction of sp³-hybridized carbons (Fsp3) is 0.375. The molecule has 2 N–H and O–H groups in total. The van der Waals surface area contributed by atoms with Crippen LogP contribution >= 0.6 is 0 Å². The highest BCUT2D eigenvalue weighted by atomic mass is 16.5. The first-order chi connectivity index (χ1) is 7.56. The summed E-state index contributed by atoms with van der Waals surface area (Å²) in [6, 6.07) is 0.688. The number of urea groups is 1. The van der Waals surface area contributed by atoms with Crippen molar-refractivity contribution >= 4 is 12.0 Å². The Morgan fingerprint density at radius 2 is 1.88 bits per heavy atom. The predicted octanol–water partition coefficient (Wildman–Crippen LogP) is 0.347. The van der Waals surface area contributed by atoms with Crippen molar-refractivity contribution < 1.29 is 19.5 Å². The maximum absolute atomic E-state index is 11.1. The molecule has 8 heteroatoms. The first kappa shape index (κ1) is 12.0. The molecule has 0 spiro atoms. The molecule has 1 rings (SSSR count). The van der Waals surface area contributed by atoms with Crippen LogP contribution in [0.5, 0.6) is 11.8 Å². The van der Waals surface area contributed by atoms with Gasteiger partial charge in [0.25, 0.3) is 0 Å². The number of nitrogens with one attached hydrogen (secondary N) is 1. The Morgan fingerprint density at radius 3 is 2.25 bits per heavy atom. The summed E-state index contributed by atoms with van der Waals surface area (Å²) in [5, 5.41) is 11.5. The Kier molecular flexibility index (Phi) is 3.84. The van der Waals surface area contributed by atoms with E-state index in [4.69, 9.17) is 14.7 Å². The number of ether oxygens (including phenoxy) is 2. The molecule has 16 heavy (non-hydrogen) atoms. The molecule has 0 radical (unpaired) electrons. The van der Waals surface area contributed by atoms with E-state index in [2.05, 4.69) is 15.3 Å². The third-order valence-electron chi connectivity index (χ3n) is 1.61. The van der Waals surface area contributed by atoms with Gasteiger partial charge in [-0.25, -0.2) is 9.86 Å². The Morgan fingerprint density at radius 1 is 1.38 bits per heavy atom. The van der Waals surface area contributed by atoms with E-state index < -0.39 is 6.03 Å². The summed E-state index contributed by atoms with van der Waals surface area (Å²) in [4.78, 5) is 18.8. The van der Waals surface area contributed by atoms with E-state index >= 15 is 0 Å². The minimum absolute atomic E-state index is 0.0258. The number of hydrogen-bond acceptors (Lipinski definition) is 6. The van der Waals surface area contributed by atoms with Crippen LogP contribution < -0.4 is 14.8 Å². The zero-order valence-electron chi connectivity index (χ0n) is 9.09. The lowest BCUT2D eigenvalue weighted by Gasteiger charge is -2.10. The zero-order chi connectivity index (χ0) is 12.1. The van der Waals surface area contributed by atoms with Crippen molar-refractivity contribution in [1.82, 2.24) is 15.0 Å². The first-order valence-corrected chi connectivity index (χ1v) is 4.27. The molecule has 8 nitrogen and oxygen atoms in total. The predicted molar refractivity (Wildman–Crippen MR) is 53.7 cm³/mol. The standard InChI is InChI=1S/C8H12N4O4/c1-12(14)8(13)11-7-9-5(15-2)4-6(10-7)16-3/h4,14H,1-3H3,(H,9,10,11,13). The van der Waals surface area contributed by atoms with Crippen molar-refractivity contribution in [3.63, 3.8) is 0 Å². The summed E-state index contributed by atoms with van der Waals surface area (Å²) in [5.41, 5.74) is 0. The van der Waals surface area contributed by atoms with Gasteiger partial charge in [0, 0.05) is 7.05 Å². The van der Waals surface area contributed by atoms with E-state index in [1.165, 1.54) is 27.3 Å². The smallest absolute Gasteiger partial charge is 0.347 e. The van der Waals surface area contributed by atoms with Crippen LogP contribution in [0.1, 0.15) is 0 Å². The van der Waals surface area contributed by atoms with Crippen LogP contribution in [0, 0.1) is 0 Å². The third-order valence-corrected chi connectivity index (χ3v) is 1.61. The number of hydroxylamine groups is 2. The van der Waals surface area contributed by atoms with Crippen molar-refractivity contribution in [2.45, 2.75) is 0 Å². The molecule has 0 fully saturated rings. The molecule has 0 saturated heterocycles. The molecule has 0 bridgehead atoms. The maximum Gasteiger partial charge on any atom is 0.347 e. The van der Waals surface area contributed by atoms with Gasteiger partial charge in [-0.3, -0.25) is 10.5 Å². The lowest BCUT2D eigenvalue weighted by atomic mass is 10.6. The van der Waals surface area contributed by atoms with Crippen LogP contribution in [-0.2, 0) is 0 Å². The normalized spacial score (nSPS) is 9.50. The van der Waals surface area contributed by atoms with Gasteiger partial charge in [-0.15, -0.1) is 0 Å². The molecule has 0 unspecified atom stereocenters. The van der Waals surface area contributed by atoms with E-state index in [1.807, 2.05) is 0 Å². The molecular formula is C8H12N4O4. The fourth-order valence-electron chi connectivity index (χ4n) is 0.846. The van der Waals surface area contributed by atoms with Gasteiger partial charge in [-0.2, -0.15) is 9.97 Å². The maximum atomic E-state index is 11.1. The van der Waals surface area contributed by atoms with Crippen molar-refractivity contribution in [2.75, 3.05) is 26.6 Å². The largest absolute Gasteiger partial charge is 0.481 e. The lowest BCUT2D eigenvalue weighted by Crippen LogP contribution is -2.28. The minimum atomic E-state index is -0.768. The number of hydrogen-bond donors (Lipinski definition) is 2. The van der Waals surface area contributed by atoms with Crippen molar-refractivity contribution in [3.05, 3.63) is 6.07 Å². The highest BCUT2D eigenvalue weighted by Gasteiger charge is 2.10. The highest BCUT2D eigenvalue weighted by molar-refractivity contribution is 5.86. The second-order valence-electron chi connectivity index (χ2n) is 2.73. The van der Waals surface area contributed by atoms with Crippen molar-refractivity contribution in [3.8, 4) is 11.8 Å². The number of rotatable bonds is 3. The number of nitrogens with zero attached hydrogens (tertiary/aromatic N) is 3. The number of methoxy groups -OCH3 is 2. The van der Waals surface area contributed by atoms with E-state index in [0.29, 0.717) is 5.06 Å². The van der Waals surface area contributed by atoms with E-state index in [1.54, 1.807) is 0 Å². The van der Waals surface area contributed by atoms with Gasteiger partial charge in [0.1, 0.15) is 0 Å². The molecule has 1 aromatic heterocycles. The fourth-order valence-corrected chi connectivity index (χ4v) is 0.846. The van der Waals surface area contributed by atoms with E-state index in [9.17, 15) is 4.79 Å². The molecule has 0 saturated carbocycles. The lowest BCUT2D eigenvalue weighted by molar-refractivity contribution is -0.0119. The topological polar surface area (TPSA) is 96.8 Å². The number of carbonyl (C=O) groups excluding carboxylic acids is 1. The van der Waals surface area contributed by atoms with Crippen LogP contribution in [0.4, 0.5) is 10.7 Å². The molecular weight excluding hydrogens is 216 g/mol.